The minimum Gasteiger partial charge on any atom is -0.478 e. The molecule has 9 heteroatoms. The number of halogens is 1. The fourth-order valence-corrected chi connectivity index (χ4v) is 3.05. The molecule has 0 amide bonds. The van der Waals surface area contributed by atoms with Crippen LogP contribution in [0, 0.1) is 6.92 Å². The summed E-state index contributed by atoms with van der Waals surface area (Å²) in [5.41, 5.74) is 0.140. The van der Waals surface area contributed by atoms with Crippen molar-refractivity contribution in [2.45, 2.75) is 11.8 Å². The van der Waals surface area contributed by atoms with E-state index in [1.54, 1.807) is 6.92 Å². The molecule has 7 nitrogen and oxygen atoms in total. The molecule has 2 rings (SSSR count). The number of aromatic carboxylic acids is 1. The van der Waals surface area contributed by atoms with Crippen molar-refractivity contribution in [1.82, 2.24) is 5.16 Å². The molecule has 0 spiro atoms. The highest BCUT2D eigenvalue weighted by molar-refractivity contribution is 9.10. The summed E-state index contributed by atoms with van der Waals surface area (Å²) >= 11 is 3.12. The Morgan fingerprint density at radius 1 is 1.40 bits per heavy atom. The van der Waals surface area contributed by atoms with Gasteiger partial charge >= 0.3 is 5.97 Å². The molecule has 0 aliphatic heterocycles. The van der Waals surface area contributed by atoms with E-state index in [1.807, 2.05) is 0 Å². The van der Waals surface area contributed by atoms with E-state index < -0.39 is 16.0 Å². The summed E-state index contributed by atoms with van der Waals surface area (Å²) < 4.78 is 31.7. The Balaban J connectivity index is 2.46. The summed E-state index contributed by atoms with van der Waals surface area (Å²) in [4.78, 5) is 10.7. The zero-order valence-electron chi connectivity index (χ0n) is 10.1. The van der Waals surface area contributed by atoms with Crippen LogP contribution in [-0.2, 0) is 10.0 Å². The first kappa shape index (κ1) is 14.5. The summed E-state index contributed by atoms with van der Waals surface area (Å²) in [6.45, 7) is 1.62. The van der Waals surface area contributed by atoms with Gasteiger partial charge in [-0.15, -0.1) is 0 Å². The van der Waals surface area contributed by atoms with Crippen molar-refractivity contribution < 1.29 is 22.8 Å². The third-order valence-electron chi connectivity index (χ3n) is 2.42. The summed E-state index contributed by atoms with van der Waals surface area (Å²) in [6.07, 6.45) is 0. The monoisotopic (exact) mass is 360 g/mol. The van der Waals surface area contributed by atoms with E-state index in [2.05, 4.69) is 25.8 Å². The molecule has 1 heterocycles. The van der Waals surface area contributed by atoms with Gasteiger partial charge in [-0.05, 0) is 35.0 Å². The summed E-state index contributed by atoms with van der Waals surface area (Å²) in [5, 5.41) is 12.6. The SMILES string of the molecule is Cc1noc(NS(=O)(=O)c2ccccc2C(=O)O)c1Br. The normalized spacial score (nSPS) is 11.3. The lowest BCUT2D eigenvalue weighted by atomic mass is 10.2. The number of anilines is 1. The Labute approximate surface area is 122 Å². The highest BCUT2D eigenvalue weighted by Gasteiger charge is 2.24. The smallest absolute Gasteiger partial charge is 0.337 e. The van der Waals surface area contributed by atoms with E-state index in [0.29, 0.717) is 10.2 Å². The van der Waals surface area contributed by atoms with Crippen LogP contribution in [0.3, 0.4) is 0 Å². The zero-order valence-corrected chi connectivity index (χ0v) is 12.5. The van der Waals surface area contributed by atoms with Crippen LogP contribution in [0.25, 0.3) is 0 Å². The van der Waals surface area contributed by atoms with Gasteiger partial charge in [0.05, 0.1) is 11.3 Å². The predicted molar refractivity (Wildman–Crippen MR) is 73.1 cm³/mol. The summed E-state index contributed by atoms with van der Waals surface area (Å²) in [5.74, 6) is -1.44. The predicted octanol–water partition coefficient (Wildman–Crippen LogP) is 2.24. The van der Waals surface area contributed by atoms with Crippen LogP contribution in [0.15, 0.2) is 38.2 Å². The zero-order chi connectivity index (χ0) is 14.9. The number of aromatic nitrogens is 1. The number of benzene rings is 1. The molecule has 0 aliphatic carbocycles. The topological polar surface area (TPSA) is 110 Å². The Morgan fingerprint density at radius 2 is 2.05 bits per heavy atom. The lowest BCUT2D eigenvalue weighted by molar-refractivity contribution is 0.0692. The van der Waals surface area contributed by atoms with Crippen molar-refractivity contribution in [3.05, 3.63) is 40.0 Å². The number of carboxylic acid groups (broad SMARTS) is 1. The third kappa shape index (κ3) is 2.68. The molecule has 2 N–H and O–H groups in total. The van der Waals surface area contributed by atoms with Gasteiger partial charge in [0.1, 0.15) is 9.37 Å². The molecule has 2 aromatic rings. The standard InChI is InChI=1S/C11H9BrN2O5S/c1-6-9(12)10(19-13-6)14-20(17,18)8-5-3-2-4-7(8)11(15)16/h2-5,14H,1H3,(H,15,16). The molecule has 1 aromatic carbocycles. The number of hydrogen-bond donors (Lipinski definition) is 2. The lowest BCUT2D eigenvalue weighted by Crippen LogP contribution is -2.16. The molecule has 106 valence electrons. The molecule has 0 saturated heterocycles. The largest absolute Gasteiger partial charge is 0.478 e. The Bertz CT molecular complexity index is 769. The second-order valence-corrected chi connectivity index (χ2v) is 6.26. The van der Waals surface area contributed by atoms with Crippen molar-refractivity contribution >= 4 is 37.8 Å². The minimum atomic E-state index is -4.09. The van der Waals surface area contributed by atoms with Crippen molar-refractivity contribution in [2.24, 2.45) is 0 Å². The first-order valence-corrected chi connectivity index (χ1v) is 7.57. The summed E-state index contributed by atoms with van der Waals surface area (Å²) in [6, 6.07) is 5.28. The average molecular weight is 361 g/mol. The quantitative estimate of drug-likeness (QED) is 0.864. The van der Waals surface area contributed by atoms with Crippen LogP contribution in [-0.4, -0.2) is 24.7 Å². The van der Waals surface area contributed by atoms with Crippen LogP contribution >= 0.6 is 15.9 Å². The number of sulfonamides is 1. The maximum atomic E-state index is 12.2. The number of hydrogen-bond acceptors (Lipinski definition) is 5. The van der Waals surface area contributed by atoms with Gasteiger partial charge in [0.25, 0.3) is 15.9 Å². The van der Waals surface area contributed by atoms with Crippen LogP contribution < -0.4 is 4.72 Å². The van der Waals surface area contributed by atoms with Crippen LogP contribution in [0.1, 0.15) is 16.1 Å². The fraction of sp³-hybridized carbons (Fsp3) is 0.0909. The molecular formula is C11H9BrN2O5S. The molecule has 20 heavy (non-hydrogen) atoms. The Kier molecular flexibility index (Phi) is 3.82. The Hall–Kier alpha value is -1.87. The minimum absolute atomic E-state index is 0.109. The number of nitrogens with one attached hydrogen (secondary N) is 1. The highest BCUT2D eigenvalue weighted by Crippen LogP contribution is 2.28. The molecule has 0 aliphatic rings. The molecule has 0 saturated carbocycles. The van der Waals surface area contributed by atoms with E-state index in [9.17, 15) is 13.2 Å². The Morgan fingerprint density at radius 3 is 2.60 bits per heavy atom. The fourth-order valence-electron chi connectivity index (χ4n) is 1.48. The van der Waals surface area contributed by atoms with Gasteiger partial charge in [0.15, 0.2) is 0 Å². The number of carbonyl (C=O) groups is 1. The van der Waals surface area contributed by atoms with E-state index >= 15 is 0 Å². The van der Waals surface area contributed by atoms with Crippen LogP contribution in [0.2, 0.25) is 0 Å². The van der Waals surface area contributed by atoms with Crippen molar-refractivity contribution in [3.63, 3.8) is 0 Å². The third-order valence-corrected chi connectivity index (χ3v) is 4.75. The molecule has 0 bridgehead atoms. The molecule has 0 atom stereocenters. The van der Waals surface area contributed by atoms with Crippen molar-refractivity contribution in [3.8, 4) is 0 Å². The van der Waals surface area contributed by atoms with Gasteiger partial charge in [-0.3, -0.25) is 0 Å². The van der Waals surface area contributed by atoms with Gasteiger partial charge in [-0.2, -0.15) is 0 Å². The number of carboxylic acids is 1. The van der Waals surface area contributed by atoms with E-state index in [0.717, 1.165) is 0 Å². The number of rotatable bonds is 4. The highest BCUT2D eigenvalue weighted by atomic mass is 79.9. The molecule has 1 aromatic heterocycles. The molecular weight excluding hydrogens is 352 g/mol. The van der Waals surface area contributed by atoms with E-state index in [4.69, 9.17) is 9.63 Å². The second-order valence-electron chi connectivity index (χ2n) is 3.82. The van der Waals surface area contributed by atoms with Crippen molar-refractivity contribution in [1.29, 1.82) is 0 Å². The summed E-state index contributed by atoms with van der Waals surface area (Å²) in [7, 11) is -4.09. The van der Waals surface area contributed by atoms with Crippen molar-refractivity contribution in [2.75, 3.05) is 4.72 Å². The number of nitrogens with zero attached hydrogens (tertiary/aromatic N) is 1. The van der Waals surface area contributed by atoms with Gasteiger partial charge in [0.2, 0.25) is 0 Å². The maximum absolute atomic E-state index is 12.2. The van der Waals surface area contributed by atoms with Gasteiger partial charge in [0, 0.05) is 0 Å². The second kappa shape index (κ2) is 5.25. The molecule has 0 fully saturated rings. The van der Waals surface area contributed by atoms with E-state index in [-0.39, 0.29) is 16.3 Å². The molecule has 0 radical (unpaired) electrons. The maximum Gasteiger partial charge on any atom is 0.337 e. The first-order chi connectivity index (χ1) is 9.33. The first-order valence-electron chi connectivity index (χ1n) is 5.30. The molecule has 0 unspecified atom stereocenters. The van der Waals surface area contributed by atoms with Gasteiger partial charge in [-0.1, -0.05) is 17.3 Å². The van der Waals surface area contributed by atoms with Crippen LogP contribution in [0.4, 0.5) is 5.88 Å². The van der Waals surface area contributed by atoms with Crippen LogP contribution in [0.5, 0.6) is 0 Å². The van der Waals surface area contributed by atoms with Gasteiger partial charge in [-0.25, -0.2) is 17.9 Å². The van der Waals surface area contributed by atoms with E-state index in [1.165, 1.54) is 24.3 Å². The number of aryl methyl sites for hydroxylation is 1. The average Bonchev–Trinajstić information content (AvgIpc) is 2.70. The van der Waals surface area contributed by atoms with Gasteiger partial charge < -0.3 is 9.63 Å². The lowest BCUT2D eigenvalue weighted by Gasteiger charge is -2.07.